The normalized spacial score (nSPS) is 17.0. The Bertz CT molecular complexity index is 1830. The second-order valence-electron chi connectivity index (χ2n) is 9.57. The van der Waals surface area contributed by atoms with Gasteiger partial charge in [0.15, 0.2) is 10.9 Å². The van der Waals surface area contributed by atoms with Crippen molar-refractivity contribution in [3.8, 4) is 5.75 Å². The zero-order chi connectivity index (χ0) is 27.4. The number of aliphatic hydroxyl groups is 1. The molecule has 5 aromatic rings. The van der Waals surface area contributed by atoms with E-state index in [2.05, 4.69) is 4.98 Å². The van der Waals surface area contributed by atoms with E-state index in [1.807, 2.05) is 86.8 Å². The molecule has 9 heteroatoms. The summed E-state index contributed by atoms with van der Waals surface area (Å²) in [6.07, 6.45) is 1.85. The molecule has 8 nitrogen and oxygen atoms in total. The van der Waals surface area contributed by atoms with Crippen molar-refractivity contribution in [3.63, 3.8) is 0 Å². The van der Waals surface area contributed by atoms with Gasteiger partial charge in [-0.05, 0) is 74.7 Å². The van der Waals surface area contributed by atoms with Gasteiger partial charge in [-0.25, -0.2) is 9.97 Å². The SMILES string of the molecule is CCOc1cccc(C2/C(=C(\O)c3nc4c(C)cccn4c3C)C(=O)C(=O)N2c2nc3ccc(C)cc3s2)c1. The number of ketones is 1. The van der Waals surface area contributed by atoms with Crippen LogP contribution in [0, 0.1) is 20.8 Å². The van der Waals surface area contributed by atoms with Crippen molar-refractivity contribution >= 4 is 49.8 Å². The van der Waals surface area contributed by atoms with Gasteiger partial charge >= 0.3 is 5.91 Å². The zero-order valence-corrected chi connectivity index (χ0v) is 22.7. The highest BCUT2D eigenvalue weighted by Crippen LogP contribution is 2.45. The first-order chi connectivity index (χ1) is 18.8. The van der Waals surface area contributed by atoms with Crippen molar-refractivity contribution in [3.05, 3.63) is 94.4 Å². The Labute approximate surface area is 228 Å². The van der Waals surface area contributed by atoms with Gasteiger partial charge in [0.25, 0.3) is 5.78 Å². The number of aliphatic hydroxyl groups excluding tert-OH is 1. The van der Waals surface area contributed by atoms with Crippen LogP contribution in [-0.2, 0) is 9.59 Å². The zero-order valence-electron chi connectivity index (χ0n) is 21.9. The monoisotopic (exact) mass is 538 g/mol. The Morgan fingerprint density at radius 3 is 2.64 bits per heavy atom. The number of amides is 1. The van der Waals surface area contributed by atoms with E-state index in [1.165, 1.54) is 16.2 Å². The molecule has 196 valence electrons. The second-order valence-corrected chi connectivity index (χ2v) is 10.6. The molecular weight excluding hydrogens is 512 g/mol. The molecule has 2 aromatic carbocycles. The van der Waals surface area contributed by atoms with Crippen molar-refractivity contribution in [1.29, 1.82) is 0 Å². The maximum absolute atomic E-state index is 13.7. The number of hydrogen-bond acceptors (Lipinski definition) is 7. The molecule has 1 fully saturated rings. The highest BCUT2D eigenvalue weighted by Gasteiger charge is 2.48. The molecule has 1 aliphatic rings. The lowest BCUT2D eigenvalue weighted by Crippen LogP contribution is -2.29. The lowest BCUT2D eigenvalue weighted by molar-refractivity contribution is -0.132. The predicted molar refractivity (Wildman–Crippen MR) is 151 cm³/mol. The number of aryl methyl sites for hydroxylation is 3. The Morgan fingerprint density at radius 1 is 1.05 bits per heavy atom. The van der Waals surface area contributed by atoms with E-state index < -0.39 is 17.7 Å². The summed E-state index contributed by atoms with van der Waals surface area (Å²) in [4.78, 5) is 38.1. The highest BCUT2D eigenvalue weighted by molar-refractivity contribution is 7.22. The summed E-state index contributed by atoms with van der Waals surface area (Å²) in [6, 6.07) is 16.0. The molecule has 6 rings (SSSR count). The average Bonchev–Trinajstić information content (AvgIpc) is 3.56. The van der Waals surface area contributed by atoms with Crippen LogP contribution in [0.5, 0.6) is 5.75 Å². The van der Waals surface area contributed by atoms with Gasteiger partial charge in [0.1, 0.15) is 17.1 Å². The number of thiazole rings is 1. The van der Waals surface area contributed by atoms with Gasteiger partial charge in [-0.15, -0.1) is 0 Å². The Balaban J connectivity index is 1.60. The van der Waals surface area contributed by atoms with Gasteiger partial charge in [0, 0.05) is 6.20 Å². The van der Waals surface area contributed by atoms with Gasteiger partial charge in [-0.3, -0.25) is 14.5 Å². The Hall–Kier alpha value is -4.50. The number of carbonyl (C=O) groups is 2. The minimum atomic E-state index is -0.919. The van der Waals surface area contributed by atoms with E-state index in [0.29, 0.717) is 34.4 Å². The van der Waals surface area contributed by atoms with E-state index in [-0.39, 0.29) is 17.0 Å². The number of nitrogens with zero attached hydrogens (tertiary/aromatic N) is 4. The number of rotatable bonds is 5. The first kappa shape index (κ1) is 24.8. The average molecular weight is 539 g/mol. The second kappa shape index (κ2) is 9.36. The fraction of sp³-hybridized carbons (Fsp3) is 0.200. The van der Waals surface area contributed by atoms with Crippen molar-refractivity contribution in [1.82, 2.24) is 14.4 Å². The highest BCUT2D eigenvalue weighted by atomic mass is 32.1. The number of anilines is 1. The maximum Gasteiger partial charge on any atom is 0.301 e. The minimum Gasteiger partial charge on any atom is -0.505 e. The molecule has 1 unspecified atom stereocenters. The molecule has 0 saturated carbocycles. The number of imidazole rings is 1. The van der Waals surface area contributed by atoms with Crippen molar-refractivity contribution < 1.29 is 19.4 Å². The molecule has 1 N–H and O–H groups in total. The molecule has 1 amide bonds. The van der Waals surface area contributed by atoms with Gasteiger partial charge < -0.3 is 14.2 Å². The Morgan fingerprint density at radius 2 is 1.87 bits per heavy atom. The van der Waals surface area contributed by atoms with E-state index in [9.17, 15) is 14.7 Å². The van der Waals surface area contributed by atoms with Crippen molar-refractivity contribution in [2.75, 3.05) is 11.5 Å². The molecule has 1 atom stereocenters. The van der Waals surface area contributed by atoms with E-state index in [1.54, 1.807) is 6.07 Å². The molecule has 1 aliphatic heterocycles. The van der Waals surface area contributed by atoms with Gasteiger partial charge in [-0.1, -0.05) is 35.6 Å². The standard InChI is InChI=1S/C30H26N4O4S/c1-5-38-20-10-6-9-19(15-20)25-23(26(35)24-18(4)33-13-7-8-17(3)28(33)32-24)27(36)29(37)34(25)30-31-21-12-11-16(2)14-22(21)39-30/h6-15,25,35H,5H2,1-4H3/b26-23+. The lowest BCUT2D eigenvalue weighted by Gasteiger charge is -2.23. The quantitative estimate of drug-likeness (QED) is 0.170. The van der Waals surface area contributed by atoms with Crippen LogP contribution in [0.2, 0.25) is 0 Å². The van der Waals surface area contributed by atoms with Crippen LogP contribution >= 0.6 is 11.3 Å². The fourth-order valence-corrected chi connectivity index (χ4v) is 6.17. The van der Waals surface area contributed by atoms with Crippen LogP contribution in [-0.4, -0.2) is 37.8 Å². The Kier molecular flexibility index (Phi) is 5.95. The van der Waals surface area contributed by atoms with Gasteiger partial charge in [0.2, 0.25) is 0 Å². The summed E-state index contributed by atoms with van der Waals surface area (Å²) in [5, 5.41) is 12.1. The van der Waals surface area contributed by atoms with Crippen molar-refractivity contribution in [2.45, 2.75) is 33.7 Å². The van der Waals surface area contributed by atoms with Gasteiger partial charge in [-0.2, -0.15) is 0 Å². The minimum absolute atomic E-state index is 0.0340. The molecule has 39 heavy (non-hydrogen) atoms. The van der Waals surface area contributed by atoms with Gasteiger partial charge in [0.05, 0.1) is 34.1 Å². The third-order valence-corrected chi connectivity index (χ3v) is 7.99. The molecular formula is C30H26N4O4S. The number of Topliss-reactive ketones (excluding diaryl/α,β-unsaturated/α-hetero) is 1. The fourth-order valence-electron chi connectivity index (χ4n) is 5.08. The number of carbonyl (C=O) groups excluding carboxylic acids is 2. The third kappa shape index (κ3) is 3.97. The number of pyridine rings is 1. The smallest absolute Gasteiger partial charge is 0.301 e. The number of benzene rings is 2. The molecule has 3 aromatic heterocycles. The molecule has 4 heterocycles. The summed E-state index contributed by atoms with van der Waals surface area (Å²) in [7, 11) is 0. The molecule has 0 spiro atoms. The van der Waals surface area contributed by atoms with E-state index in [4.69, 9.17) is 9.72 Å². The molecule has 0 aliphatic carbocycles. The summed E-state index contributed by atoms with van der Waals surface area (Å²) in [5.74, 6) is -1.26. The first-order valence-electron chi connectivity index (χ1n) is 12.6. The summed E-state index contributed by atoms with van der Waals surface area (Å²) >= 11 is 1.33. The van der Waals surface area contributed by atoms with Crippen LogP contribution in [0.1, 0.15) is 41.0 Å². The molecule has 0 radical (unpaired) electrons. The number of ether oxygens (including phenoxy) is 1. The summed E-state index contributed by atoms with van der Waals surface area (Å²) < 4.78 is 8.48. The maximum atomic E-state index is 13.7. The lowest BCUT2D eigenvalue weighted by atomic mass is 9.96. The first-order valence-corrected chi connectivity index (χ1v) is 13.5. The van der Waals surface area contributed by atoms with Crippen LogP contribution in [0.25, 0.3) is 21.6 Å². The summed E-state index contributed by atoms with van der Waals surface area (Å²) in [5.41, 5.74) is 4.90. The van der Waals surface area contributed by atoms with Crippen molar-refractivity contribution in [2.24, 2.45) is 0 Å². The molecule has 0 bridgehead atoms. The predicted octanol–water partition coefficient (Wildman–Crippen LogP) is 5.89. The molecule has 1 saturated heterocycles. The number of aromatic nitrogens is 3. The summed E-state index contributed by atoms with van der Waals surface area (Å²) in [6.45, 7) is 8.09. The van der Waals surface area contributed by atoms with Crippen LogP contribution in [0.3, 0.4) is 0 Å². The number of hydrogen-bond donors (Lipinski definition) is 1. The van der Waals surface area contributed by atoms with Crippen LogP contribution in [0.15, 0.2) is 66.4 Å². The topological polar surface area (TPSA) is 97.0 Å². The van der Waals surface area contributed by atoms with E-state index in [0.717, 1.165) is 21.3 Å². The third-order valence-electron chi connectivity index (χ3n) is 6.98. The number of fused-ring (bicyclic) bond motifs is 2. The van der Waals surface area contributed by atoms with Crippen LogP contribution in [0.4, 0.5) is 5.13 Å². The van der Waals surface area contributed by atoms with E-state index >= 15 is 0 Å². The largest absolute Gasteiger partial charge is 0.505 e. The van der Waals surface area contributed by atoms with Crippen LogP contribution < -0.4 is 9.64 Å².